The van der Waals surface area contributed by atoms with Crippen molar-refractivity contribution in [1.29, 1.82) is 0 Å². The van der Waals surface area contributed by atoms with E-state index in [1.807, 2.05) is 5.38 Å². The van der Waals surface area contributed by atoms with Crippen LogP contribution in [0.1, 0.15) is 34.1 Å². The second-order valence-electron chi connectivity index (χ2n) is 6.09. The first-order valence-corrected chi connectivity index (χ1v) is 9.44. The number of carboxylic acids is 1. The Morgan fingerprint density at radius 1 is 1.21 bits per heavy atom. The lowest BCUT2D eigenvalue weighted by molar-refractivity contribution is -0.137. The van der Waals surface area contributed by atoms with E-state index in [0.717, 1.165) is 17.8 Å². The number of hydrogen-bond donors (Lipinski definition) is 2. The lowest BCUT2D eigenvalue weighted by Gasteiger charge is -2.18. The van der Waals surface area contributed by atoms with Crippen molar-refractivity contribution < 1.29 is 28.2 Å². The number of carbonyl (C=O) groups is 2. The molecule has 1 aromatic heterocycles. The van der Waals surface area contributed by atoms with Gasteiger partial charge in [0.2, 0.25) is 0 Å². The molecule has 150 valence electrons. The molecule has 0 saturated heterocycles. The van der Waals surface area contributed by atoms with Gasteiger partial charge in [-0.15, -0.1) is 11.3 Å². The van der Waals surface area contributed by atoms with E-state index in [1.54, 1.807) is 17.6 Å². The van der Waals surface area contributed by atoms with Crippen LogP contribution in [0.4, 0.5) is 8.78 Å². The molecule has 0 aliphatic heterocycles. The highest BCUT2D eigenvalue weighted by Gasteiger charge is 2.22. The van der Waals surface area contributed by atoms with Crippen LogP contribution in [0, 0.1) is 11.6 Å². The second kappa shape index (κ2) is 9.24. The van der Waals surface area contributed by atoms with Gasteiger partial charge in [0.25, 0.3) is 5.91 Å². The Bertz CT molecular complexity index is 1010. The van der Waals surface area contributed by atoms with E-state index in [-0.39, 0.29) is 17.7 Å². The highest BCUT2D eigenvalue weighted by Crippen LogP contribution is 2.23. The van der Waals surface area contributed by atoms with Gasteiger partial charge in [0.1, 0.15) is 24.0 Å². The van der Waals surface area contributed by atoms with E-state index < -0.39 is 36.0 Å². The molecule has 0 saturated carbocycles. The predicted octanol–water partition coefficient (Wildman–Crippen LogP) is 3.95. The van der Waals surface area contributed by atoms with Gasteiger partial charge in [0, 0.05) is 22.6 Å². The Balaban J connectivity index is 1.75. The summed E-state index contributed by atoms with van der Waals surface area (Å²) < 4.78 is 32.8. The minimum Gasteiger partial charge on any atom is -0.487 e. The molecule has 3 aromatic rings. The van der Waals surface area contributed by atoms with Crippen LogP contribution in [0.5, 0.6) is 5.75 Å². The lowest BCUT2D eigenvalue weighted by atomic mass is 10.0. The maximum atomic E-state index is 14.1. The topological polar surface area (TPSA) is 88.5 Å². The quantitative estimate of drug-likeness (QED) is 0.578. The van der Waals surface area contributed by atoms with Crippen LogP contribution < -0.4 is 10.1 Å². The fourth-order valence-corrected chi connectivity index (χ4v) is 3.18. The minimum atomic E-state index is -1.24. The maximum absolute atomic E-state index is 14.1. The number of carbonyl (C=O) groups excluding carboxylic acids is 1. The molecule has 2 aromatic carbocycles. The van der Waals surface area contributed by atoms with Gasteiger partial charge in [-0.2, -0.15) is 0 Å². The molecule has 1 atom stereocenters. The largest absolute Gasteiger partial charge is 0.487 e. The van der Waals surface area contributed by atoms with Gasteiger partial charge >= 0.3 is 5.97 Å². The zero-order chi connectivity index (χ0) is 20.8. The molecule has 3 rings (SSSR count). The van der Waals surface area contributed by atoms with Crippen LogP contribution in [0.15, 0.2) is 53.4 Å². The Morgan fingerprint density at radius 3 is 2.72 bits per heavy atom. The predicted molar refractivity (Wildman–Crippen MR) is 102 cm³/mol. The standard InChI is InChI=1S/C20H16F2N2O4S/c21-13-4-5-16(17(22)7-13)18(8-19(25)26)24-20(27)12-2-1-3-15(6-12)28-9-14-10-29-11-23-14/h1-7,10-11,18H,8-9H2,(H,24,27)(H,25,26)/t18-/m0/s1. The number of amides is 1. The fraction of sp³-hybridized carbons (Fsp3) is 0.150. The van der Waals surface area contributed by atoms with E-state index in [4.69, 9.17) is 9.84 Å². The van der Waals surface area contributed by atoms with Gasteiger partial charge in [-0.3, -0.25) is 9.59 Å². The van der Waals surface area contributed by atoms with Crippen molar-refractivity contribution in [3.63, 3.8) is 0 Å². The highest BCUT2D eigenvalue weighted by molar-refractivity contribution is 7.07. The molecule has 0 aliphatic rings. The van der Waals surface area contributed by atoms with E-state index in [1.165, 1.54) is 23.5 Å². The summed E-state index contributed by atoms with van der Waals surface area (Å²) in [6, 6.07) is 7.87. The number of nitrogens with zero attached hydrogens (tertiary/aromatic N) is 1. The number of thiazole rings is 1. The van der Waals surface area contributed by atoms with Crippen LogP contribution in [0.3, 0.4) is 0 Å². The molecule has 0 spiro atoms. The monoisotopic (exact) mass is 418 g/mol. The third kappa shape index (κ3) is 5.58. The first kappa shape index (κ1) is 20.4. The van der Waals surface area contributed by atoms with Crippen molar-refractivity contribution in [3.8, 4) is 5.75 Å². The van der Waals surface area contributed by atoms with E-state index in [2.05, 4.69) is 10.3 Å². The van der Waals surface area contributed by atoms with E-state index in [0.29, 0.717) is 11.8 Å². The van der Waals surface area contributed by atoms with Crippen LogP contribution in [-0.2, 0) is 11.4 Å². The summed E-state index contributed by atoms with van der Waals surface area (Å²) in [5.41, 5.74) is 2.52. The molecule has 0 bridgehead atoms. The van der Waals surface area contributed by atoms with Gasteiger partial charge in [0.05, 0.1) is 23.7 Å². The maximum Gasteiger partial charge on any atom is 0.305 e. The molecule has 0 unspecified atom stereocenters. The number of carboxylic acid groups (broad SMARTS) is 1. The zero-order valence-corrected chi connectivity index (χ0v) is 15.8. The summed E-state index contributed by atoms with van der Waals surface area (Å²) in [6.45, 7) is 0.233. The summed E-state index contributed by atoms with van der Waals surface area (Å²) in [5, 5.41) is 13.4. The van der Waals surface area contributed by atoms with Crippen molar-refractivity contribution in [2.45, 2.75) is 19.1 Å². The molecule has 1 heterocycles. The Hall–Kier alpha value is -3.33. The van der Waals surface area contributed by atoms with Crippen LogP contribution >= 0.6 is 11.3 Å². The number of aliphatic carboxylic acids is 1. The Morgan fingerprint density at radius 2 is 2.03 bits per heavy atom. The number of aromatic nitrogens is 1. The lowest BCUT2D eigenvalue weighted by Crippen LogP contribution is -2.30. The van der Waals surface area contributed by atoms with Gasteiger partial charge in [0.15, 0.2) is 0 Å². The molecular formula is C20H16F2N2O4S. The van der Waals surface area contributed by atoms with Crippen molar-refractivity contribution in [2.24, 2.45) is 0 Å². The summed E-state index contributed by atoms with van der Waals surface area (Å²) in [7, 11) is 0. The van der Waals surface area contributed by atoms with Gasteiger partial charge < -0.3 is 15.2 Å². The summed E-state index contributed by atoms with van der Waals surface area (Å²) in [6.07, 6.45) is -0.561. The van der Waals surface area contributed by atoms with Gasteiger partial charge in [-0.25, -0.2) is 13.8 Å². The molecule has 9 heteroatoms. The van der Waals surface area contributed by atoms with Crippen molar-refractivity contribution in [2.75, 3.05) is 0 Å². The molecule has 29 heavy (non-hydrogen) atoms. The van der Waals surface area contributed by atoms with Crippen LogP contribution in [0.2, 0.25) is 0 Å². The zero-order valence-electron chi connectivity index (χ0n) is 15.0. The number of nitrogens with one attached hydrogen (secondary N) is 1. The molecule has 0 radical (unpaired) electrons. The van der Waals surface area contributed by atoms with E-state index >= 15 is 0 Å². The fourth-order valence-electron chi connectivity index (χ4n) is 2.63. The average molecular weight is 418 g/mol. The van der Waals surface area contributed by atoms with Crippen LogP contribution in [0.25, 0.3) is 0 Å². The number of halogens is 2. The summed E-state index contributed by atoms with van der Waals surface area (Å²) >= 11 is 1.44. The SMILES string of the molecule is O=C(O)C[C@H](NC(=O)c1cccc(OCc2cscn2)c1)c1ccc(F)cc1F. The van der Waals surface area contributed by atoms with Gasteiger partial charge in [-0.1, -0.05) is 12.1 Å². The van der Waals surface area contributed by atoms with Crippen molar-refractivity contribution in [3.05, 3.63) is 81.8 Å². The van der Waals surface area contributed by atoms with Crippen molar-refractivity contribution in [1.82, 2.24) is 10.3 Å². The minimum absolute atomic E-state index is 0.113. The highest BCUT2D eigenvalue weighted by atomic mass is 32.1. The molecular weight excluding hydrogens is 402 g/mol. The third-order valence-corrected chi connectivity index (χ3v) is 4.62. The van der Waals surface area contributed by atoms with Crippen LogP contribution in [-0.4, -0.2) is 22.0 Å². The summed E-state index contributed by atoms with van der Waals surface area (Å²) in [4.78, 5) is 27.9. The normalized spacial score (nSPS) is 11.7. The number of hydrogen-bond acceptors (Lipinski definition) is 5. The first-order chi connectivity index (χ1) is 13.9. The average Bonchev–Trinajstić information content (AvgIpc) is 3.19. The smallest absolute Gasteiger partial charge is 0.305 e. The molecule has 0 aliphatic carbocycles. The Kier molecular flexibility index (Phi) is 6.50. The van der Waals surface area contributed by atoms with Gasteiger partial charge in [-0.05, 0) is 24.3 Å². The third-order valence-electron chi connectivity index (χ3n) is 3.99. The Labute approximate surface area is 168 Å². The van der Waals surface area contributed by atoms with E-state index in [9.17, 15) is 18.4 Å². The molecule has 1 amide bonds. The number of rotatable bonds is 8. The molecule has 6 nitrogen and oxygen atoms in total. The molecule has 2 N–H and O–H groups in total. The van der Waals surface area contributed by atoms with Crippen molar-refractivity contribution >= 4 is 23.2 Å². The molecule has 0 fully saturated rings. The second-order valence-corrected chi connectivity index (χ2v) is 6.80. The number of benzene rings is 2. The summed E-state index contributed by atoms with van der Waals surface area (Å²) in [5.74, 6) is -3.15. The number of ether oxygens (including phenoxy) is 1. The first-order valence-electron chi connectivity index (χ1n) is 8.50.